The van der Waals surface area contributed by atoms with Crippen LogP contribution < -0.4 is 5.32 Å². The van der Waals surface area contributed by atoms with E-state index in [4.69, 9.17) is 4.98 Å². The lowest BCUT2D eigenvalue weighted by atomic mass is 9.99. The van der Waals surface area contributed by atoms with Crippen molar-refractivity contribution in [1.82, 2.24) is 15.0 Å². The van der Waals surface area contributed by atoms with Crippen LogP contribution in [0.1, 0.15) is 20.7 Å². The highest BCUT2D eigenvalue weighted by molar-refractivity contribution is 9.10. The normalized spacial score (nSPS) is 11.5. The van der Waals surface area contributed by atoms with Crippen LogP contribution in [0.4, 0.5) is 5.69 Å². The second-order valence-corrected chi connectivity index (χ2v) is 10.2. The molecule has 0 bridgehead atoms. The van der Waals surface area contributed by atoms with E-state index >= 15 is 0 Å². The summed E-state index contributed by atoms with van der Waals surface area (Å²) >= 11 is 3.57. The van der Waals surface area contributed by atoms with Crippen LogP contribution in [0, 0.1) is 0 Å². The van der Waals surface area contributed by atoms with Crippen LogP contribution in [0.5, 0.6) is 0 Å². The van der Waals surface area contributed by atoms with Crippen LogP contribution in [0.25, 0.3) is 54.9 Å². The number of halogens is 1. The van der Waals surface area contributed by atoms with Gasteiger partial charge >= 0.3 is 5.97 Å². The topological polar surface area (TPSA) is 111 Å². The Kier molecular flexibility index (Phi) is 5.24. The van der Waals surface area contributed by atoms with E-state index in [1.165, 1.54) is 12.1 Å². The van der Waals surface area contributed by atoms with Gasteiger partial charge in [0.2, 0.25) is 0 Å². The molecule has 0 saturated heterocycles. The lowest BCUT2D eigenvalue weighted by Gasteiger charge is -2.11. The summed E-state index contributed by atoms with van der Waals surface area (Å²) in [5, 5.41) is 17.4. The number of carbonyl (C=O) groups is 2. The van der Waals surface area contributed by atoms with Crippen molar-refractivity contribution in [1.29, 1.82) is 0 Å². The van der Waals surface area contributed by atoms with Gasteiger partial charge in [-0.3, -0.25) is 4.79 Å². The summed E-state index contributed by atoms with van der Waals surface area (Å²) in [4.78, 5) is 36.6. The minimum Gasteiger partial charge on any atom is -0.478 e. The molecule has 188 valence electrons. The second-order valence-electron chi connectivity index (χ2n) is 9.31. The van der Waals surface area contributed by atoms with Gasteiger partial charge in [-0.25, -0.2) is 9.78 Å². The highest BCUT2D eigenvalue weighted by Gasteiger charge is 2.19. The third kappa shape index (κ3) is 3.76. The fraction of sp³-hybridized carbons (Fsp3) is 0. The number of aromatic nitrogens is 3. The quantitative estimate of drug-likeness (QED) is 0.161. The van der Waals surface area contributed by atoms with Crippen molar-refractivity contribution in [2.45, 2.75) is 0 Å². The molecule has 39 heavy (non-hydrogen) atoms. The highest BCUT2D eigenvalue weighted by Crippen LogP contribution is 2.38. The van der Waals surface area contributed by atoms with E-state index in [1.807, 2.05) is 48.7 Å². The molecule has 0 radical (unpaired) electrons. The van der Waals surface area contributed by atoms with Gasteiger partial charge in [0.1, 0.15) is 5.82 Å². The Morgan fingerprint density at radius 2 is 1.54 bits per heavy atom. The molecule has 0 unspecified atom stereocenters. The van der Waals surface area contributed by atoms with Gasteiger partial charge in [-0.05, 0) is 53.2 Å². The number of fused-ring (bicyclic) bond motifs is 7. The standard InChI is InChI=1S/C31H19BrN4O3/c32-16-9-12-26-23(13-16)25(15-33-26)29-35-27-20-6-2-1-5-18(20)19-11-10-17(14-24(19)28(27)36-29)34-30(37)21-7-3-4-8-22(21)31(38)39/h1-15,33H,(H,34,37)(H,35,36)(H,38,39). The van der Waals surface area contributed by atoms with E-state index in [-0.39, 0.29) is 11.1 Å². The zero-order chi connectivity index (χ0) is 26.7. The van der Waals surface area contributed by atoms with Crippen LogP contribution in [0.2, 0.25) is 0 Å². The van der Waals surface area contributed by atoms with E-state index in [9.17, 15) is 14.7 Å². The molecule has 5 aromatic carbocycles. The predicted molar refractivity (Wildman–Crippen MR) is 157 cm³/mol. The Bertz CT molecular complexity index is 2130. The van der Waals surface area contributed by atoms with Gasteiger partial charge in [0.15, 0.2) is 0 Å². The van der Waals surface area contributed by atoms with Gasteiger partial charge in [-0.15, -0.1) is 0 Å². The molecule has 0 aliphatic carbocycles. The van der Waals surface area contributed by atoms with Gasteiger partial charge in [0.05, 0.1) is 22.2 Å². The number of aromatic carboxylic acids is 1. The zero-order valence-corrected chi connectivity index (χ0v) is 21.8. The van der Waals surface area contributed by atoms with Crippen LogP contribution >= 0.6 is 15.9 Å². The Morgan fingerprint density at radius 1 is 0.795 bits per heavy atom. The van der Waals surface area contributed by atoms with Crippen LogP contribution in [-0.4, -0.2) is 31.9 Å². The summed E-state index contributed by atoms with van der Waals surface area (Å²) in [5.41, 5.74) is 4.25. The van der Waals surface area contributed by atoms with Gasteiger partial charge in [0.25, 0.3) is 5.91 Å². The molecule has 7 nitrogen and oxygen atoms in total. The first kappa shape index (κ1) is 23.2. The summed E-state index contributed by atoms with van der Waals surface area (Å²) in [7, 11) is 0. The van der Waals surface area contributed by atoms with E-state index in [2.05, 4.69) is 49.4 Å². The number of aromatic amines is 2. The maximum atomic E-state index is 13.1. The molecule has 7 aromatic rings. The Labute approximate surface area is 229 Å². The van der Waals surface area contributed by atoms with Crippen molar-refractivity contribution in [2.24, 2.45) is 0 Å². The average Bonchev–Trinajstić information content (AvgIpc) is 3.57. The maximum absolute atomic E-state index is 13.1. The van der Waals surface area contributed by atoms with Crippen LogP contribution in [0.15, 0.2) is 95.6 Å². The summed E-state index contributed by atoms with van der Waals surface area (Å²) < 4.78 is 0.979. The summed E-state index contributed by atoms with van der Waals surface area (Å²) in [6, 6.07) is 26.1. The first-order chi connectivity index (χ1) is 19.0. The van der Waals surface area contributed by atoms with E-state index in [0.717, 1.165) is 59.3 Å². The number of nitrogens with one attached hydrogen (secondary N) is 3. The molecule has 7 rings (SSSR count). The fourth-order valence-corrected chi connectivity index (χ4v) is 5.59. The van der Waals surface area contributed by atoms with E-state index in [0.29, 0.717) is 5.69 Å². The van der Waals surface area contributed by atoms with Crippen LogP contribution in [0.3, 0.4) is 0 Å². The molecule has 2 aromatic heterocycles. The molecule has 0 atom stereocenters. The fourth-order valence-electron chi connectivity index (χ4n) is 5.23. The number of hydrogen-bond donors (Lipinski definition) is 4. The number of rotatable bonds is 4. The molecule has 0 aliphatic rings. The molecule has 0 fully saturated rings. The lowest BCUT2D eigenvalue weighted by Crippen LogP contribution is -2.16. The number of carboxylic acids is 1. The number of H-pyrrole nitrogens is 2. The summed E-state index contributed by atoms with van der Waals surface area (Å²) in [6.45, 7) is 0. The predicted octanol–water partition coefficient (Wildman–Crippen LogP) is 7.73. The minimum absolute atomic E-state index is 0.0484. The van der Waals surface area contributed by atoms with Crippen molar-refractivity contribution >= 4 is 77.0 Å². The molecule has 1 amide bonds. The van der Waals surface area contributed by atoms with E-state index in [1.54, 1.807) is 12.1 Å². The van der Waals surface area contributed by atoms with Crippen molar-refractivity contribution in [3.05, 3.63) is 107 Å². The van der Waals surface area contributed by atoms with Gasteiger partial charge in [-0.1, -0.05) is 58.4 Å². The molecule has 0 saturated carbocycles. The minimum atomic E-state index is -1.15. The third-order valence-electron chi connectivity index (χ3n) is 7.02. The lowest BCUT2D eigenvalue weighted by molar-refractivity contribution is 0.0692. The number of hydrogen-bond acceptors (Lipinski definition) is 3. The third-order valence-corrected chi connectivity index (χ3v) is 7.52. The largest absolute Gasteiger partial charge is 0.478 e. The van der Waals surface area contributed by atoms with Gasteiger partial charge in [-0.2, -0.15) is 0 Å². The monoisotopic (exact) mass is 574 g/mol. The molecular formula is C31H19BrN4O3. The molecule has 0 spiro atoms. The molecular weight excluding hydrogens is 556 g/mol. The van der Waals surface area contributed by atoms with Crippen molar-refractivity contribution in [3.8, 4) is 11.4 Å². The van der Waals surface area contributed by atoms with Gasteiger partial charge in [0, 0.05) is 43.6 Å². The van der Waals surface area contributed by atoms with Crippen LogP contribution in [-0.2, 0) is 0 Å². The maximum Gasteiger partial charge on any atom is 0.336 e. The molecule has 8 heteroatoms. The number of anilines is 1. The van der Waals surface area contributed by atoms with Gasteiger partial charge < -0.3 is 20.4 Å². The number of amides is 1. The average molecular weight is 575 g/mol. The summed E-state index contributed by atoms with van der Waals surface area (Å²) in [5.74, 6) is -0.905. The summed E-state index contributed by atoms with van der Waals surface area (Å²) in [6.07, 6.45) is 1.95. The van der Waals surface area contributed by atoms with Crippen molar-refractivity contribution in [2.75, 3.05) is 5.32 Å². The smallest absolute Gasteiger partial charge is 0.336 e. The zero-order valence-electron chi connectivity index (χ0n) is 20.2. The SMILES string of the molecule is O=C(O)c1ccccc1C(=O)Nc1ccc2c3ccccc3c3nc(-c4c[nH]c5ccc(Br)cc45)[nH]c3c2c1. The Hall–Kier alpha value is -4.95. The Balaban J connectivity index is 1.41. The second kappa shape index (κ2) is 8.82. The van der Waals surface area contributed by atoms with Crippen molar-refractivity contribution in [3.63, 3.8) is 0 Å². The first-order valence-corrected chi connectivity index (χ1v) is 13.0. The Morgan fingerprint density at radius 3 is 2.36 bits per heavy atom. The number of imidazole rings is 1. The first-order valence-electron chi connectivity index (χ1n) is 12.2. The number of carboxylic acid groups (broad SMARTS) is 1. The molecule has 2 heterocycles. The number of benzene rings is 5. The number of carbonyl (C=O) groups excluding carboxylic acids is 1. The highest BCUT2D eigenvalue weighted by atomic mass is 79.9. The van der Waals surface area contributed by atoms with Crippen molar-refractivity contribution < 1.29 is 14.7 Å². The number of nitrogens with zero attached hydrogens (tertiary/aromatic N) is 1. The molecule has 4 N–H and O–H groups in total. The molecule has 0 aliphatic heterocycles. The van der Waals surface area contributed by atoms with E-state index < -0.39 is 11.9 Å².